The SMILES string of the molecule is CNC(Cc1ccc(C)c(C)c1)C(C)(C)N1CCOCC1. The zero-order chi connectivity index (χ0) is 15.5. The van der Waals surface area contributed by atoms with Gasteiger partial charge in [0.2, 0.25) is 0 Å². The first-order valence-corrected chi connectivity index (χ1v) is 8.01. The van der Waals surface area contributed by atoms with Crippen LogP contribution in [0.3, 0.4) is 0 Å². The molecule has 1 N–H and O–H groups in total. The summed E-state index contributed by atoms with van der Waals surface area (Å²) < 4.78 is 5.49. The number of likely N-dealkylation sites (N-methyl/N-ethyl adjacent to an activating group) is 1. The maximum atomic E-state index is 5.49. The molecule has 1 aromatic rings. The van der Waals surface area contributed by atoms with Crippen LogP contribution in [0.1, 0.15) is 30.5 Å². The van der Waals surface area contributed by atoms with Gasteiger partial charge in [-0.2, -0.15) is 0 Å². The molecule has 0 aromatic heterocycles. The van der Waals surface area contributed by atoms with E-state index in [1.165, 1.54) is 16.7 Å². The van der Waals surface area contributed by atoms with Crippen molar-refractivity contribution in [1.82, 2.24) is 10.2 Å². The number of nitrogens with zero attached hydrogens (tertiary/aromatic N) is 1. The van der Waals surface area contributed by atoms with Gasteiger partial charge in [-0.15, -0.1) is 0 Å². The number of nitrogens with one attached hydrogen (secondary N) is 1. The standard InChI is InChI=1S/C18H30N2O/c1-14-6-7-16(12-15(14)2)13-17(19-5)18(3,4)20-8-10-21-11-9-20/h6-7,12,17,19H,8-11,13H2,1-5H3. The largest absolute Gasteiger partial charge is 0.379 e. The number of aryl methyl sites for hydroxylation is 2. The van der Waals surface area contributed by atoms with Crippen molar-refractivity contribution in [2.45, 2.75) is 45.7 Å². The lowest BCUT2D eigenvalue weighted by molar-refractivity contribution is -0.0223. The molecule has 1 unspecified atom stereocenters. The first-order valence-electron chi connectivity index (χ1n) is 8.01. The second kappa shape index (κ2) is 6.91. The van der Waals surface area contributed by atoms with Crippen molar-refractivity contribution in [3.63, 3.8) is 0 Å². The predicted molar refractivity (Wildman–Crippen MR) is 88.9 cm³/mol. The van der Waals surface area contributed by atoms with Gasteiger partial charge in [-0.3, -0.25) is 4.90 Å². The van der Waals surface area contributed by atoms with Crippen molar-refractivity contribution < 1.29 is 4.74 Å². The second-order valence-corrected chi connectivity index (χ2v) is 6.72. The summed E-state index contributed by atoms with van der Waals surface area (Å²) in [5, 5.41) is 3.54. The molecule has 1 atom stereocenters. The van der Waals surface area contributed by atoms with Gasteiger partial charge in [-0.1, -0.05) is 18.2 Å². The summed E-state index contributed by atoms with van der Waals surface area (Å²) in [7, 11) is 2.08. The van der Waals surface area contributed by atoms with E-state index in [2.05, 4.69) is 63.2 Å². The third kappa shape index (κ3) is 3.85. The summed E-state index contributed by atoms with van der Waals surface area (Å²) in [5.74, 6) is 0. The first kappa shape index (κ1) is 16.5. The van der Waals surface area contributed by atoms with Gasteiger partial charge in [0.25, 0.3) is 0 Å². The van der Waals surface area contributed by atoms with E-state index < -0.39 is 0 Å². The lowest BCUT2D eigenvalue weighted by Crippen LogP contribution is -2.60. The normalized spacial score (nSPS) is 18.7. The average molecular weight is 290 g/mol. The highest BCUT2D eigenvalue weighted by Gasteiger charge is 2.35. The Morgan fingerprint density at radius 2 is 1.86 bits per heavy atom. The molecule has 1 heterocycles. The van der Waals surface area contributed by atoms with Crippen molar-refractivity contribution in [3.8, 4) is 0 Å². The number of hydrogen-bond donors (Lipinski definition) is 1. The molecule has 1 aliphatic heterocycles. The van der Waals surface area contributed by atoms with Crippen molar-refractivity contribution in [3.05, 3.63) is 34.9 Å². The Balaban J connectivity index is 2.12. The first-order chi connectivity index (χ1) is 9.95. The maximum absolute atomic E-state index is 5.49. The van der Waals surface area contributed by atoms with E-state index in [1.54, 1.807) is 0 Å². The molecule has 1 fully saturated rings. The van der Waals surface area contributed by atoms with Gasteiger partial charge in [0.1, 0.15) is 0 Å². The highest BCUT2D eigenvalue weighted by atomic mass is 16.5. The Hall–Kier alpha value is -0.900. The van der Waals surface area contributed by atoms with Gasteiger partial charge in [0, 0.05) is 24.7 Å². The minimum atomic E-state index is 0.122. The minimum absolute atomic E-state index is 0.122. The Morgan fingerprint density at radius 1 is 1.19 bits per heavy atom. The van der Waals surface area contributed by atoms with Gasteiger partial charge in [0.15, 0.2) is 0 Å². The molecular weight excluding hydrogens is 260 g/mol. The summed E-state index contributed by atoms with van der Waals surface area (Å²) in [5.41, 5.74) is 4.29. The molecule has 1 saturated heterocycles. The molecule has 0 amide bonds. The van der Waals surface area contributed by atoms with Crippen molar-refractivity contribution >= 4 is 0 Å². The van der Waals surface area contributed by atoms with Crippen LogP contribution < -0.4 is 5.32 Å². The smallest absolute Gasteiger partial charge is 0.0594 e. The molecular formula is C18H30N2O. The highest BCUT2D eigenvalue weighted by molar-refractivity contribution is 5.30. The molecule has 3 heteroatoms. The van der Waals surface area contributed by atoms with Gasteiger partial charge in [0.05, 0.1) is 13.2 Å². The third-order valence-corrected chi connectivity index (χ3v) is 5.04. The topological polar surface area (TPSA) is 24.5 Å². The van der Waals surface area contributed by atoms with E-state index >= 15 is 0 Å². The number of ether oxygens (including phenoxy) is 1. The van der Waals surface area contributed by atoms with Crippen LogP contribution >= 0.6 is 0 Å². The summed E-state index contributed by atoms with van der Waals surface area (Å²) in [6, 6.07) is 7.26. The average Bonchev–Trinajstić information content (AvgIpc) is 2.49. The molecule has 0 bridgehead atoms. The quantitative estimate of drug-likeness (QED) is 0.902. The molecule has 0 saturated carbocycles. The second-order valence-electron chi connectivity index (χ2n) is 6.72. The summed E-state index contributed by atoms with van der Waals surface area (Å²) >= 11 is 0. The van der Waals surface area contributed by atoms with Crippen LogP contribution in [0, 0.1) is 13.8 Å². The monoisotopic (exact) mass is 290 g/mol. The predicted octanol–water partition coefficient (Wildman–Crippen LogP) is 2.54. The summed E-state index contributed by atoms with van der Waals surface area (Å²) in [6.07, 6.45) is 1.06. The molecule has 2 rings (SSSR count). The summed E-state index contributed by atoms with van der Waals surface area (Å²) in [6.45, 7) is 12.8. The lowest BCUT2D eigenvalue weighted by Gasteiger charge is -2.46. The molecule has 1 aliphatic rings. The number of morpholine rings is 1. The van der Waals surface area contributed by atoms with E-state index in [9.17, 15) is 0 Å². The van der Waals surface area contributed by atoms with Crippen LogP contribution in [0.4, 0.5) is 0 Å². The van der Waals surface area contributed by atoms with Crippen LogP contribution in [-0.4, -0.2) is 49.8 Å². The number of hydrogen-bond acceptors (Lipinski definition) is 3. The van der Waals surface area contributed by atoms with Crippen LogP contribution in [0.5, 0.6) is 0 Å². The highest BCUT2D eigenvalue weighted by Crippen LogP contribution is 2.24. The summed E-state index contributed by atoms with van der Waals surface area (Å²) in [4.78, 5) is 2.55. The molecule has 3 nitrogen and oxygen atoms in total. The molecule has 21 heavy (non-hydrogen) atoms. The van der Waals surface area contributed by atoms with Crippen LogP contribution in [0.15, 0.2) is 18.2 Å². The fourth-order valence-electron chi connectivity index (χ4n) is 3.23. The molecule has 0 radical (unpaired) electrons. The molecule has 0 spiro atoms. The Morgan fingerprint density at radius 3 is 2.43 bits per heavy atom. The molecule has 0 aliphatic carbocycles. The number of benzene rings is 1. The van der Waals surface area contributed by atoms with Crippen molar-refractivity contribution in [2.75, 3.05) is 33.4 Å². The van der Waals surface area contributed by atoms with Crippen molar-refractivity contribution in [1.29, 1.82) is 0 Å². The van der Waals surface area contributed by atoms with Gasteiger partial charge < -0.3 is 10.1 Å². The van der Waals surface area contributed by atoms with Crippen LogP contribution in [0.2, 0.25) is 0 Å². The third-order valence-electron chi connectivity index (χ3n) is 5.04. The zero-order valence-corrected chi connectivity index (χ0v) is 14.2. The van der Waals surface area contributed by atoms with Gasteiger partial charge in [-0.25, -0.2) is 0 Å². The Bertz CT molecular complexity index is 464. The maximum Gasteiger partial charge on any atom is 0.0594 e. The Labute approximate surface area is 129 Å². The fraction of sp³-hybridized carbons (Fsp3) is 0.667. The van der Waals surface area contributed by atoms with Crippen molar-refractivity contribution in [2.24, 2.45) is 0 Å². The van der Waals surface area contributed by atoms with E-state index in [1.807, 2.05) is 0 Å². The lowest BCUT2D eigenvalue weighted by atomic mass is 9.86. The van der Waals surface area contributed by atoms with E-state index in [0.29, 0.717) is 6.04 Å². The van der Waals surface area contributed by atoms with Crippen LogP contribution in [0.25, 0.3) is 0 Å². The number of rotatable bonds is 5. The zero-order valence-electron chi connectivity index (χ0n) is 14.2. The van der Waals surface area contributed by atoms with Gasteiger partial charge in [-0.05, 0) is 57.9 Å². The van der Waals surface area contributed by atoms with E-state index in [-0.39, 0.29) is 5.54 Å². The Kier molecular flexibility index (Phi) is 5.42. The van der Waals surface area contributed by atoms with E-state index in [4.69, 9.17) is 4.74 Å². The van der Waals surface area contributed by atoms with Gasteiger partial charge >= 0.3 is 0 Å². The van der Waals surface area contributed by atoms with Crippen LogP contribution in [-0.2, 0) is 11.2 Å². The molecule has 118 valence electrons. The minimum Gasteiger partial charge on any atom is -0.379 e. The molecule has 1 aromatic carbocycles. The fourth-order valence-corrected chi connectivity index (χ4v) is 3.23. The van der Waals surface area contributed by atoms with E-state index in [0.717, 1.165) is 32.7 Å².